The first kappa shape index (κ1) is 9.37. The highest BCUT2D eigenvalue weighted by Gasteiger charge is 2.18. The van der Waals surface area contributed by atoms with Gasteiger partial charge in [0.05, 0.1) is 0 Å². The van der Waals surface area contributed by atoms with Gasteiger partial charge in [-0.05, 0) is 35.1 Å². The molecule has 0 radical (unpaired) electrons. The molecule has 74 valence electrons. The highest BCUT2D eigenvalue weighted by atomic mass is 79.9. The van der Waals surface area contributed by atoms with Gasteiger partial charge in [-0.3, -0.25) is 0 Å². The molecule has 1 heterocycles. The summed E-state index contributed by atoms with van der Waals surface area (Å²) >= 11 is 5.44. The summed E-state index contributed by atoms with van der Waals surface area (Å²) in [6, 6.07) is 10.7. The van der Waals surface area contributed by atoms with Gasteiger partial charge in [-0.25, -0.2) is 0 Å². The van der Waals surface area contributed by atoms with Gasteiger partial charge in [0.1, 0.15) is 0 Å². The Morgan fingerprint density at radius 1 is 1.13 bits per heavy atom. The number of hydrogen-bond donors (Lipinski definition) is 0. The Hall–Kier alpha value is -0.860. The van der Waals surface area contributed by atoms with Gasteiger partial charge >= 0.3 is 0 Å². The van der Waals surface area contributed by atoms with Crippen LogP contribution in [0.25, 0.3) is 5.57 Å². The molecule has 0 atom stereocenters. The minimum absolute atomic E-state index is 1.06. The molecule has 0 fully saturated rings. The summed E-state index contributed by atoms with van der Waals surface area (Å²) in [5.74, 6) is 0. The molecule has 0 nitrogen and oxygen atoms in total. The highest BCUT2D eigenvalue weighted by Crippen LogP contribution is 2.38. The lowest BCUT2D eigenvalue weighted by Gasteiger charge is -2.06. The first-order valence-corrected chi connectivity index (χ1v) is 6.55. The van der Waals surface area contributed by atoms with E-state index >= 15 is 0 Å². The average Bonchev–Trinajstić information content (AvgIpc) is 2.85. The number of hydrogen-bond acceptors (Lipinski definition) is 1. The quantitative estimate of drug-likeness (QED) is 0.720. The predicted molar refractivity (Wildman–Crippen MR) is 69.2 cm³/mol. The average molecular weight is 277 g/mol. The van der Waals surface area contributed by atoms with E-state index in [9.17, 15) is 0 Å². The maximum Gasteiger partial charge on any atom is 0.0346 e. The molecular formula is C13H9BrS. The normalized spacial score (nSPS) is 13.8. The predicted octanol–water partition coefficient (Wildman–Crippen LogP) is 4.50. The largest absolute Gasteiger partial charge is 0.144 e. The van der Waals surface area contributed by atoms with Crippen LogP contribution in [0.3, 0.4) is 0 Å². The van der Waals surface area contributed by atoms with Crippen LogP contribution in [-0.4, -0.2) is 0 Å². The number of thiophene rings is 1. The maximum atomic E-state index is 3.64. The molecule has 0 spiro atoms. The van der Waals surface area contributed by atoms with Crippen molar-refractivity contribution in [2.45, 2.75) is 6.42 Å². The molecule has 0 saturated carbocycles. The van der Waals surface area contributed by atoms with Crippen LogP contribution in [0.15, 0.2) is 46.3 Å². The number of halogens is 1. The minimum Gasteiger partial charge on any atom is -0.144 e. The minimum atomic E-state index is 1.06. The number of fused-ring (bicyclic) bond motifs is 1. The molecule has 15 heavy (non-hydrogen) atoms. The summed E-state index contributed by atoms with van der Waals surface area (Å²) in [6.45, 7) is 0. The van der Waals surface area contributed by atoms with Crippen LogP contribution < -0.4 is 0 Å². The Bertz CT molecular complexity index is 523. The number of allylic oxidation sites excluding steroid dienone is 1. The van der Waals surface area contributed by atoms with Crippen molar-refractivity contribution in [2.24, 2.45) is 0 Å². The fourth-order valence-corrected chi connectivity index (χ4v) is 3.40. The van der Waals surface area contributed by atoms with Gasteiger partial charge in [-0.1, -0.05) is 40.2 Å². The van der Waals surface area contributed by atoms with Gasteiger partial charge in [-0.2, -0.15) is 0 Å². The maximum absolute atomic E-state index is 3.64. The van der Waals surface area contributed by atoms with Crippen molar-refractivity contribution in [3.63, 3.8) is 0 Å². The van der Waals surface area contributed by atoms with E-state index < -0.39 is 0 Å². The molecular weight excluding hydrogens is 268 g/mol. The van der Waals surface area contributed by atoms with Gasteiger partial charge < -0.3 is 0 Å². The molecule has 1 aliphatic rings. The van der Waals surface area contributed by atoms with Crippen LogP contribution in [0.1, 0.15) is 16.0 Å². The van der Waals surface area contributed by atoms with E-state index in [0.29, 0.717) is 0 Å². The van der Waals surface area contributed by atoms with Crippen LogP contribution in [0.2, 0.25) is 0 Å². The summed E-state index contributed by atoms with van der Waals surface area (Å²) in [7, 11) is 0. The van der Waals surface area contributed by atoms with Crippen molar-refractivity contribution in [2.75, 3.05) is 0 Å². The van der Waals surface area contributed by atoms with Crippen LogP contribution >= 0.6 is 27.3 Å². The van der Waals surface area contributed by atoms with Crippen molar-refractivity contribution in [1.29, 1.82) is 0 Å². The van der Waals surface area contributed by atoms with Crippen molar-refractivity contribution < 1.29 is 0 Å². The summed E-state index contributed by atoms with van der Waals surface area (Å²) in [6.07, 6.45) is 3.38. The van der Waals surface area contributed by atoms with E-state index in [1.54, 1.807) is 11.3 Å². The Morgan fingerprint density at radius 3 is 2.87 bits per heavy atom. The molecule has 0 aliphatic heterocycles. The summed E-state index contributed by atoms with van der Waals surface area (Å²) in [5, 5.41) is 2.13. The Balaban J connectivity index is 2.18. The van der Waals surface area contributed by atoms with Gasteiger partial charge in [0, 0.05) is 14.9 Å². The molecule has 1 aromatic heterocycles. The molecule has 2 heteroatoms. The second kappa shape index (κ2) is 3.62. The number of benzene rings is 1. The molecule has 0 unspecified atom stereocenters. The highest BCUT2D eigenvalue weighted by molar-refractivity contribution is 9.10. The van der Waals surface area contributed by atoms with Gasteiger partial charge in [0.2, 0.25) is 0 Å². The standard InChI is InChI=1S/C13H9BrS/c14-11-4-1-3-9-6-7-10(13(9)11)12-5-2-8-15-12/h1-5,7-8H,6H2. The molecule has 0 N–H and O–H groups in total. The van der Waals surface area contributed by atoms with Crippen LogP contribution in [0.5, 0.6) is 0 Å². The fraction of sp³-hybridized carbons (Fsp3) is 0.0769. The van der Waals surface area contributed by atoms with E-state index in [0.717, 1.165) is 6.42 Å². The third kappa shape index (κ3) is 1.48. The van der Waals surface area contributed by atoms with E-state index in [4.69, 9.17) is 0 Å². The lowest BCUT2D eigenvalue weighted by molar-refractivity contribution is 1.30. The Morgan fingerprint density at radius 2 is 2.07 bits per heavy atom. The molecule has 1 aliphatic carbocycles. The molecule has 3 rings (SSSR count). The van der Waals surface area contributed by atoms with Crippen molar-refractivity contribution in [1.82, 2.24) is 0 Å². The van der Waals surface area contributed by atoms with Gasteiger partial charge in [0.25, 0.3) is 0 Å². The first-order chi connectivity index (χ1) is 7.36. The van der Waals surface area contributed by atoms with E-state index in [1.165, 1.54) is 26.0 Å². The van der Waals surface area contributed by atoms with Gasteiger partial charge in [0.15, 0.2) is 0 Å². The third-order valence-electron chi connectivity index (χ3n) is 2.68. The van der Waals surface area contributed by atoms with E-state index in [2.05, 4.69) is 57.7 Å². The Kier molecular flexibility index (Phi) is 2.26. The van der Waals surface area contributed by atoms with Crippen LogP contribution in [0.4, 0.5) is 0 Å². The second-order valence-corrected chi connectivity index (χ2v) is 5.38. The number of rotatable bonds is 1. The third-order valence-corrected chi connectivity index (χ3v) is 4.25. The zero-order chi connectivity index (χ0) is 10.3. The van der Waals surface area contributed by atoms with Crippen LogP contribution in [-0.2, 0) is 6.42 Å². The molecule has 0 amide bonds. The second-order valence-electron chi connectivity index (χ2n) is 3.57. The molecule has 0 bridgehead atoms. The van der Waals surface area contributed by atoms with Crippen molar-refractivity contribution in [3.8, 4) is 0 Å². The van der Waals surface area contributed by atoms with Gasteiger partial charge in [-0.15, -0.1) is 11.3 Å². The topological polar surface area (TPSA) is 0 Å². The summed E-state index contributed by atoms with van der Waals surface area (Å²) in [5.41, 5.74) is 4.18. The first-order valence-electron chi connectivity index (χ1n) is 4.88. The zero-order valence-corrected chi connectivity index (χ0v) is 10.4. The van der Waals surface area contributed by atoms with Crippen molar-refractivity contribution >= 4 is 32.8 Å². The Labute approximate surface area is 101 Å². The monoisotopic (exact) mass is 276 g/mol. The molecule has 1 aromatic carbocycles. The van der Waals surface area contributed by atoms with Crippen LogP contribution in [0, 0.1) is 0 Å². The van der Waals surface area contributed by atoms with E-state index in [-0.39, 0.29) is 0 Å². The van der Waals surface area contributed by atoms with E-state index in [1.807, 2.05) is 0 Å². The zero-order valence-electron chi connectivity index (χ0n) is 8.03. The smallest absolute Gasteiger partial charge is 0.0346 e. The fourth-order valence-electron chi connectivity index (χ4n) is 2.01. The SMILES string of the molecule is Brc1cccc2c1C(c1cccs1)=CC2. The molecule has 2 aromatic rings. The molecule has 0 saturated heterocycles. The summed E-state index contributed by atoms with van der Waals surface area (Å²) < 4.78 is 1.21. The summed E-state index contributed by atoms with van der Waals surface area (Å²) in [4.78, 5) is 1.36. The van der Waals surface area contributed by atoms with Crippen molar-refractivity contribution in [3.05, 3.63) is 62.3 Å². The lowest BCUT2D eigenvalue weighted by Crippen LogP contribution is -1.86. The lowest BCUT2D eigenvalue weighted by atomic mass is 10.1.